The van der Waals surface area contributed by atoms with Crippen molar-refractivity contribution >= 4 is 11.6 Å². The maximum Gasteiger partial charge on any atom is 0.410 e. The van der Waals surface area contributed by atoms with E-state index in [0.717, 1.165) is 11.1 Å². The van der Waals surface area contributed by atoms with Gasteiger partial charge in [0.1, 0.15) is 16.7 Å². The molecular formula is C22H28N6O4. The topological polar surface area (TPSA) is 96.0 Å². The molecule has 6 rings (SSSR count). The van der Waals surface area contributed by atoms with Crippen molar-refractivity contribution in [2.75, 3.05) is 20.3 Å². The van der Waals surface area contributed by atoms with Crippen molar-refractivity contribution in [3.05, 3.63) is 30.9 Å². The van der Waals surface area contributed by atoms with Crippen molar-refractivity contribution in [1.82, 2.24) is 29.3 Å². The van der Waals surface area contributed by atoms with Crippen LogP contribution < -0.4 is 4.74 Å². The van der Waals surface area contributed by atoms with Crippen molar-refractivity contribution in [2.24, 2.45) is 7.05 Å². The molecule has 32 heavy (non-hydrogen) atoms. The molecule has 10 heteroatoms. The van der Waals surface area contributed by atoms with Crippen LogP contribution in [0, 0.1) is 0 Å². The number of likely N-dealkylation sites (N-methyl/N-ethyl adjacent to an activating group) is 1. The third-order valence-corrected chi connectivity index (χ3v) is 6.09. The van der Waals surface area contributed by atoms with Crippen LogP contribution in [0.3, 0.4) is 0 Å². The molecule has 3 aromatic rings. The number of aromatic nitrogens is 5. The lowest BCUT2D eigenvalue weighted by Gasteiger charge is -2.61. The molecule has 1 aliphatic carbocycles. The van der Waals surface area contributed by atoms with Gasteiger partial charge in [0.05, 0.1) is 43.0 Å². The van der Waals surface area contributed by atoms with Crippen molar-refractivity contribution in [3.8, 4) is 17.1 Å². The second-order valence-electron chi connectivity index (χ2n) is 9.89. The van der Waals surface area contributed by atoms with Gasteiger partial charge in [-0.1, -0.05) is 0 Å². The first kappa shape index (κ1) is 20.7. The summed E-state index contributed by atoms with van der Waals surface area (Å²) >= 11 is 0. The van der Waals surface area contributed by atoms with Crippen molar-refractivity contribution in [1.29, 1.82) is 0 Å². The molecule has 2 bridgehead atoms. The molecule has 2 aliphatic heterocycles. The number of hydrogen-bond donors (Lipinski definition) is 0. The standard InChI is InChI=1S/C22H28N6O4/c1-20(2,3)32-19(29)27(5)21-11-22(12-21,14-30-13-21)31-18-17-6-7-23-28(17)10-16(25-18)15-8-24-26(4)9-15/h6-10H,11-14H2,1-5H3. The highest BCUT2D eigenvalue weighted by Gasteiger charge is 2.64. The summed E-state index contributed by atoms with van der Waals surface area (Å²) in [6.45, 7) is 6.48. The number of aryl methyl sites for hydroxylation is 1. The largest absolute Gasteiger partial charge is 0.467 e. The summed E-state index contributed by atoms with van der Waals surface area (Å²) in [7, 11) is 3.63. The molecular weight excluding hydrogens is 412 g/mol. The van der Waals surface area contributed by atoms with E-state index >= 15 is 0 Å². The Morgan fingerprint density at radius 1 is 1.22 bits per heavy atom. The number of ether oxygens (including phenoxy) is 3. The van der Waals surface area contributed by atoms with Gasteiger partial charge in [0, 0.05) is 38.7 Å². The Bertz CT molecular complexity index is 1170. The van der Waals surface area contributed by atoms with Gasteiger partial charge in [0.2, 0.25) is 5.88 Å². The minimum Gasteiger partial charge on any atom is -0.467 e. The summed E-state index contributed by atoms with van der Waals surface area (Å²) in [6.07, 6.45) is 8.17. The smallest absolute Gasteiger partial charge is 0.410 e. The van der Waals surface area contributed by atoms with Gasteiger partial charge in [-0.2, -0.15) is 10.2 Å². The van der Waals surface area contributed by atoms with Crippen LogP contribution in [0.25, 0.3) is 16.8 Å². The number of rotatable bonds is 4. The average Bonchev–Trinajstić information content (AvgIpc) is 3.34. The number of hydrogen-bond acceptors (Lipinski definition) is 7. The van der Waals surface area contributed by atoms with Crippen LogP contribution >= 0.6 is 0 Å². The van der Waals surface area contributed by atoms with Crippen molar-refractivity contribution in [3.63, 3.8) is 0 Å². The fourth-order valence-electron chi connectivity index (χ4n) is 4.61. The van der Waals surface area contributed by atoms with Gasteiger partial charge in [0.25, 0.3) is 0 Å². The molecule has 3 aliphatic rings. The van der Waals surface area contributed by atoms with Gasteiger partial charge in [-0.15, -0.1) is 0 Å². The normalized spacial score (nSPS) is 24.8. The van der Waals surface area contributed by atoms with E-state index in [-0.39, 0.29) is 6.09 Å². The zero-order chi connectivity index (χ0) is 22.7. The van der Waals surface area contributed by atoms with Crippen LogP contribution in [-0.4, -0.2) is 72.4 Å². The van der Waals surface area contributed by atoms with Crippen LogP contribution in [0.15, 0.2) is 30.9 Å². The fourth-order valence-corrected chi connectivity index (χ4v) is 4.61. The summed E-state index contributed by atoms with van der Waals surface area (Å²) in [5.41, 5.74) is 0.807. The van der Waals surface area contributed by atoms with Gasteiger partial charge in [0.15, 0.2) is 0 Å². The summed E-state index contributed by atoms with van der Waals surface area (Å²) in [6, 6.07) is 1.87. The van der Waals surface area contributed by atoms with Crippen LogP contribution in [0.5, 0.6) is 5.88 Å². The van der Waals surface area contributed by atoms with Crippen LogP contribution in [-0.2, 0) is 16.5 Å². The summed E-state index contributed by atoms with van der Waals surface area (Å²) < 4.78 is 21.4. The van der Waals surface area contributed by atoms with E-state index in [1.807, 2.05) is 46.3 Å². The average molecular weight is 441 g/mol. The highest BCUT2D eigenvalue weighted by atomic mass is 16.6. The molecule has 170 valence electrons. The quantitative estimate of drug-likeness (QED) is 0.615. The molecule has 3 aromatic heterocycles. The Balaban J connectivity index is 1.40. The minimum absolute atomic E-state index is 0.355. The second-order valence-corrected chi connectivity index (χ2v) is 9.89. The number of carbonyl (C=O) groups is 1. The molecule has 1 saturated carbocycles. The summed E-state index contributed by atoms with van der Waals surface area (Å²) in [5, 5.41) is 8.60. The van der Waals surface area contributed by atoms with E-state index in [1.165, 1.54) is 0 Å². The molecule has 0 radical (unpaired) electrons. The molecule has 5 heterocycles. The van der Waals surface area contributed by atoms with Gasteiger partial charge >= 0.3 is 6.09 Å². The van der Waals surface area contributed by atoms with Crippen LogP contribution in [0.1, 0.15) is 33.6 Å². The highest BCUT2D eigenvalue weighted by Crippen LogP contribution is 2.51. The molecule has 3 fully saturated rings. The van der Waals surface area contributed by atoms with E-state index in [2.05, 4.69) is 10.2 Å². The lowest BCUT2D eigenvalue weighted by molar-refractivity contribution is -0.224. The van der Waals surface area contributed by atoms with E-state index in [9.17, 15) is 4.79 Å². The SMILES string of the molecule is CN(C(=O)OC(C)(C)C)C12COCC(Oc3nc(-c4cnn(C)c4)cn4nccc34)(C1)C2. The zero-order valence-corrected chi connectivity index (χ0v) is 19.0. The molecule has 2 saturated heterocycles. The Morgan fingerprint density at radius 2 is 2.00 bits per heavy atom. The number of amides is 1. The minimum atomic E-state index is -0.556. The van der Waals surface area contributed by atoms with E-state index in [1.54, 1.807) is 33.5 Å². The summed E-state index contributed by atoms with van der Waals surface area (Å²) in [5.74, 6) is 0.489. The Labute approximate surface area is 186 Å². The molecule has 0 N–H and O–H groups in total. The Kier molecular flexibility index (Phi) is 4.49. The highest BCUT2D eigenvalue weighted by molar-refractivity contribution is 5.69. The third-order valence-electron chi connectivity index (χ3n) is 6.09. The van der Waals surface area contributed by atoms with Gasteiger partial charge in [-0.3, -0.25) is 4.68 Å². The van der Waals surface area contributed by atoms with Crippen LogP contribution in [0.2, 0.25) is 0 Å². The maximum absolute atomic E-state index is 12.7. The predicted molar refractivity (Wildman–Crippen MR) is 115 cm³/mol. The van der Waals surface area contributed by atoms with E-state index < -0.39 is 16.7 Å². The van der Waals surface area contributed by atoms with Gasteiger partial charge in [-0.05, 0) is 26.8 Å². The van der Waals surface area contributed by atoms with Gasteiger partial charge < -0.3 is 19.1 Å². The first-order valence-corrected chi connectivity index (χ1v) is 10.7. The monoisotopic (exact) mass is 440 g/mol. The van der Waals surface area contributed by atoms with Gasteiger partial charge in [-0.25, -0.2) is 14.3 Å². The van der Waals surface area contributed by atoms with E-state index in [4.69, 9.17) is 19.2 Å². The lowest BCUT2D eigenvalue weighted by Crippen LogP contribution is -2.74. The predicted octanol–water partition coefficient (Wildman–Crippen LogP) is 2.68. The number of carbonyl (C=O) groups excluding carboxylic acids is 1. The number of nitrogens with zero attached hydrogens (tertiary/aromatic N) is 6. The first-order chi connectivity index (χ1) is 15.1. The van der Waals surface area contributed by atoms with Crippen molar-refractivity contribution in [2.45, 2.75) is 50.4 Å². The maximum atomic E-state index is 12.7. The number of fused-ring (bicyclic) bond motifs is 3. The first-order valence-electron chi connectivity index (χ1n) is 10.7. The summed E-state index contributed by atoms with van der Waals surface area (Å²) in [4.78, 5) is 19.1. The molecule has 10 nitrogen and oxygen atoms in total. The molecule has 0 atom stereocenters. The van der Waals surface area contributed by atoms with E-state index in [0.29, 0.717) is 37.6 Å². The molecule has 0 unspecified atom stereocenters. The zero-order valence-electron chi connectivity index (χ0n) is 19.0. The Morgan fingerprint density at radius 3 is 2.69 bits per heavy atom. The molecule has 0 spiro atoms. The fraction of sp³-hybridized carbons (Fsp3) is 0.545. The Hall–Kier alpha value is -3.14. The molecule has 1 amide bonds. The lowest BCUT2D eigenvalue weighted by atomic mass is 9.62. The second kappa shape index (κ2) is 6.93. The van der Waals surface area contributed by atoms with Crippen LogP contribution in [0.4, 0.5) is 4.79 Å². The van der Waals surface area contributed by atoms with Crippen molar-refractivity contribution < 1.29 is 19.0 Å². The third kappa shape index (κ3) is 3.48. The molecule has 0 aromatic carbocycles.